The molecule has 0 amide bonds. The van der Waals surface area contributed by atoms with Crippen molar-refractivity contribution >= 4 is 11.7 Å². The maximum Gasteiger partial charge on any atom is 0.320 e. The van der Waals surface area contributed by atoms with E-state index in [-0.39, 0.29) is 18.7 Å². The van der Waals surface area contributed by atoms with Gasteiger partial charge < -0.3 is 20.3 Å². The van der Waals surface area contributed by atoms with Gasteiger partial charge in [-0.2, -0.15) is 0 Å². The van der Waals surface area contributed by atoms with E-state index >= 15 is 0 Å². The Morgan fingerprint density at radius 2 is 1.84 bits per heavy atom. The minimum Gasteiger partial charge on any atom is -0.493 e. The molecule has 2 rings (SSSR count). The molecular formula is C17H18N2O6. The Morgan fingerprint density at radius 3 is 2.40 bits per heavy atom. The minimum atomic E-state index is -1.07. The number of carboxylic acid groups (broad SMARTS) is 1. The fraction of sp³-hybridized carbons (Fsp3) is 0.235. The zero-order valence-electron chi connectivity index (χ0n) is 13.5. The number of carbonyl (C=O) groups is 1. The van der Waals surface area contributed by atoms with Crippen molar-refractivity contribution < 1.29 is 24.3 Å². The predicted molar refractivity (Wildman–Crippen MR) is 89.7 cm³/mol. The lowest BCUT2D eigenvalue weighted by molar-refractivity contribution is -0.384. The molecule has 2 aromatic carbocycles. The standard InChI is InChI=1S/C17H18N2O6/c1-24-16-9-12(8-14(18)17(20)21)4-7-15(16)25-10-11-2-5-13(6-3-11)19(22)23/h2-7,9,14H,8,10,18H2,1H3,(H,20,21). The average Bonchev–Trinajstić information content (AvgIpc) is 2.60. The van der Waals surface area contributed by atoms with E-state index in [9.17, 15) is 14.9 Å². The molecule has 1 atom stereocenters. The van der Waals surface area contributed by atoms with Gasteiger partial charge in [-0.15, -0.1) is 0 Å². The number of ether oxygens (including phenoxy) is 2. The lowest BCUT2D eigenvalue weighted by Crippen LogP contribution is -2.32. The van der Waals surface area contributed by atoms with Crippen molar-refractivity contribution in [2.75, 3.05) is 7.11 Å². The Balaban J connectivity index is 2.06. The Bertz CT molecular complexity index is 760. The maximum atomic E-state index is 10.8. The van der Waals surface area contributed by atoms with Crippen LogP contribution >= 0.6 is 0 Å². The van der Waals surface area contributed by atoms with E-state index in [1.165, 1.54) is 19.2 Å². The number of benzene rings is 2. The van der Waals surface area contributed by atoms with Crippen LogP contribution in [0.15, 0.2) is 42.5 Å². The average molecular weight is 346 g/mol. The number of carboxylic acids is 1. The van der Waals surface area contributed by atoms with Crippen LogP contribution in [0.25, 0.3) is 0 Å². The molecule has 0 aliphatic carbocycles. The third-order valence-electron chi connectivity index (χ3n) is 3.54. The Labute approximate surface area is 143 Å². The second-order valence-corrected chi connectivity index (χ2v) is 5.35. The van der Waals surface area contributed by atoms with Gasteiger partial charge in [0.25, 0.3) is 5.69 Å². The molecule has 0 fully saturated rings. The summed E-state index contributed by atoms with van der Waals surface area (Å²) in [5, 5.41) is 19.5. The van der Waals surface area contributed by atoms with E-state index in [4.69, 9.17) is 20.3 Å². The first-order valence-electron chi connectivity index (χ1n) is 7.42. The van der Waals surface area contributed by atoms with Crippen molar-refractivity contribution in [1.82, 2.24) is 0 Å². The number of hydrogen-bond donors (Lipinski definition) is 2. The minimum absolute atomic E-state index is 0.0143. The predicted octanol–water partition coefficient (Wildman–Crippen LogP) is 2.14. The quantitative estimate of drug-likeness (QED) is 0.554. The van der Waals surface area contributed by atoms with Gasteiger partial charge in [0.05, 0.1) is 12.0 Å². The topological polar surface area (TPSA) is 125 Å². The van der Waals surface area contributed by atoms with Crippen LogP contribution in [0.4, 0.5) is 5.69 Å². The van der Waals surface area contributed by atoms with E-state index in [0.29, 0.717) is 11.5 Å². The van der Waals surface area contributed by atoms with E-state index in [0.717, 1.165) is 11.1 Å². The number of non-ortho nitro benzene ring substituents is 1. The fourth-order valence-corrected chi connectivity index (χ4v) is 2.17. The SMILES string of the molecule is COc1cc(CC(N)C(=O)O)ccc1OCc1ccc([N+](=O)[O-])cc1. The van der Waals surface area contributed by atoms with E-state index in [2.05, 4.69) is 0 Å². The van der Waals surface area contributed by atoms with Gasteiger partial charge in [0, 0.05) is 12.1 Å². The summed E-state index contributed by atoms with van der Waals surface area (Å²) in [6, 6.07) is 10.1. The third kappa shape index (κ3) is 4.92. The Morgan fingerprint density at radius 1 is 1.20 bits per heavy atom. The molecule has 8 nitrogen and oxygen atoms in total. The maximum absolute atomic E-state index is 10.8. The number of methoxy groups -OCH3 is 1. The molecule has 0 heterocycles. The first-order valence-corrected chi connectivity index (χ1v) is 7.42. The van der Waals surface area contributed by atoms with Gasteiger partial charge >= 0.3 is 5.97 Å². The molecule has 3 N–H and O–H groups in total. The van der Waals surface area contributed by atoms with Crippen LogP contribution in [0.1, 0.15) is 11.1 Å². The molecule has 0 saturated carbocycles. The number of rotatable bonds is 8. The van der Waals surface area contributed by atoms with E-state index in [1.807, 2.05) is 0 Å². The summed E-state index contributed by atoms with van der Waals surface area (Å²) < 4.78 is 10.9. The molecule has 0 bridgehead atoms. The van der Waals surface area contributed by atoms with Crippen molar-refractivity contribution in [2.45, 2.75) is 19.1 Å². The normalized spacial score (nSPS) is 11.6. The summed E-state index contributed by atoms with van der Waals surface area (Å²) in [7, 11) is 1.48. The van der Waals surface area contributed by atoms with Crippen molar-refractivity contribution in [1.29, 1.82) is 0 Å². The highest BCUT2D eigenvalue weighted by Gasteiger charge is 2.14. The lowest BCUT2D eigenvalue weighted by Gasteiger charge is -2.13. The second-order valence-electron chi connectivity index (χ2n) is 5.35. The van der Waals surface area contributed by atoms with Crippen LogP contribution in [0.3, 0.4) is 0 Å². The monoisotopic (exact) mass is 346 g/mol. The highest BCUT2D eigenvalue weighted by Crippen LogP contribution is 2.29. The Hall–Kier alpha value is -3.13. The van der Waals surface area contributed by atoms with Crippen LogP contribution in [0, 0.1) is 10.1 Å². The summed E-state index contributed by atoms with van der Waals surface area (Å²) in [6.45, 7) is 0.211. The van der Waals surface area contributed by atoms with Gasteiger partial charge in [-0.25, -0.2) is 0 Å². The first-order chi connectivity index (χ1) is 11.9. The van der Waals surface area contributed by atoms with Crippen LogP contribution < -0.4 is 15.2 Å². The number of nitrogens with two attached hydrogens (primary N) is 1. The smallest absolute Gasteiger partial charge is 0.320 e. The van der Waals surface area contributed by atoms with Gasteiger partial charge in [0.1, 0.15) is 12.6 Å². The van der Waals surface area contributed by atoms with Gasteiger partial charge in [-0.3, -0.25) is 14.9 Å². The summed E-state index contributed by atoms with van der Waals surface area (Å²) in [5.41, 5.74) is 7.03. The van der Waals surface area contributed by atoms with E-state index < -0.39 is 16.9 Å². The molecule has 0 saturated heterocycles. The lowest BCUT2D eigenvalue weighted by atomic mass is 10.1. The van der Waals surface area contributed by atoms with Crippen molar-refractivity contribution in [3.05, 3.63) is 63.7 Å². The van der Waals surface area contributed by atoms with Crippen molar-refractivity contribution in [3.8, 4) is 11.5 Å². The van der Waals surface area contributed by atoms with Gasteiger partial charge in [-0.1, -0.05) is 6.07 Å². The zero-order valence-corrected chi connectivity index (χ0v) is 13.5. The number of hydrogen-bond acceptors (Lipinski definition) is 6. The summed E-state index contributed by atoms with van der Waals surface area (Å²) >= 11 is 0. The van der Waals surface area contributed by atoms with Gasteiger partial charge in [0.2, 0.25) is 0 Å². The fourth-order valence-electron chi connectivity index (χ4n) is 2.17. The summed E-state index contributed by atoms with van der Waals surface area (Å²) in [4.78, 5) is 21.0. The van der Waals surface area contributed by atoms with Crippen LogP contribution in [0.2, 0.25) is 0 Å². The zero-order chi connectivity index (χ0) is 18.4. The van der Waals surface area contributed by atoms with Crippen LogP contribution in [-0.2, 0) is 17.8 Å². The van der Waals surface area contributed by atoms with Crippen molar-refractivity contribution in [2.24, 2.45) is 5.73 Å². The molecular weight excluding hydrogens is 328 g/mol. The number of aliphatic carboxylic acids is 1. The molecule has 132 valence electrons. The number of nitro benzene ring substituents is 1. The highest BCUT2D eigenvalue weighted by atomic mass is 16.6. The number of nitro groups is 1. The number of nitrogens with zero attached hydrogens (tertiary/aromatic N) is 1. The molecule has 25 heavy (non-hydrogen) atoms. The molecule has 8 heteroatoms. The molecule has 0 aliphatic heterocycles. The first kappa shape index (κ1) is 18.2. The van der Waals surface area contributed by atoms with Gasteiger partial charge in [-0.05, 0) is 41.8 Å². The molecule has 0 aromatic heterocycles. The Kier molecular flexibility index (Phi) is 5.91. The van der Waals surface area contributed by atoms with Crippen molar-refractivity contribution in [3.63, 3.8) is 0 Å². The summed E-state index contributed by atoms with van der Waals surface area (Å²) in [6.07, 6.45) is 0.175. The van der Waals surface area contributed by atoms with Crippen LogP contribution in [-0.4, -0.2) is 29.2 Å². The molecule has 0 radical (unpaired) electrons. The molecule has 1 unspecified atom stereocenters. The molecule has 2 aromatic rings. The summed E-state index contributed by atoms with van der Waals surface area (Å²) in [5.74, 6) is -0.136. The second kappa shape index (κ2) is 8.11. The van der Waals surface area contributed by atoms with E-state index in [1.54, 1.807) is 30.3 Å². The van der Waals surface area contributed by atoms with Crippen LogP contribution in [0.5, 0.6) is 11.5 Å². The molecule has 0 aliphatic rings. The molecule has 0 spiro atoms. The highest BCUT2D eigenvalue weighted by molar-refractivity contribution is 5.73. The largest absolute Gasteiger partial charge is 0.493 e. The van der Waals surface area contributed by atoms with Gasteiger partial charge in [0.15, 0.2) is 11.5 Å². The third-order valence-corrected chi connectivity index (χ3v) is 3.54.